The SMILES string of the molecule is N#CC1=C(SCC(=O)Nc2ccc(Br)cc2C(F)(F)F)NC(=O)C[C@@H]1c1ccccc1. The first-order chi connectivity index (χ1) is 14.7. The summed E-state index contributed by atoms with van der Waals surface area (Å²) in [7, 11) is 0. The largest absolute Gasteiger partial charge is 0.418 e. The van der Waals surface area contributed by atoms with Crippen molar-refractivity contribution in [2.24, 2.45) is 0 Å². The third-order valence-corrected chi connectivity index (χ3v) is 5.98. The molecule has 1 heterocycles. The molecule has 10 heteroatoms. The third-order valence-electron chi connectivity index (χ3n) is 4.47. The van der Waals surface area contributed by atoms with Gasteiger partial charge in [0.05, 0.1) is 33.7 Å². The summed E-state index contributed by atoms with van der Waals surface area (Å²) in [5.41, 5.74) is -0.248. The minimum atomic E-state index is -4.64. The van der Waals surface area contributed by atoms with Crippen molar-refractivity contribution < 1.29 is 22.8 Å². The van der Waals surface area contributed by atoms with Gasteiger partial charge >= 0.3 is 6.18 Å². The van der Waals surface area contributed by atoms with Gasteiger partial charge in [0, 0.05) is 16.8 Å². The van der Waals surface area contributed by atoms with Crippen molar-refractivity contribution in [2.45, 2.75) is 18.5 Å². The number of benzene rings is 2. The predicted molar refractivity (Wildman–Crippen MR) is 115 cm³/mol. The monoisotopic (exact) mass is 509 g/mol. The van der Waals surface area contributed by atoms with Crippen LogP contribution in [-0.2, 0) is 15.8 Å². The fraction of sp³-hybridized carbons (Fsp3) is 0.190. The van der Waals surface area contributed by atoms with Gasteiger partial charge in [-0.3, -0.25) is 9.59 Å². The van der Waals surface area contributed by atoms with Gasteiger partial charge in [-0.05, 0) is 23.8 Å². The first-order valence-corrected chi connectivity index (χ1v) is 10.8. The van der Waals surface area contributed by atoms with Gasteiger partial charge in [-0.15, -0.1) is 0 Å². The fourth-order valence-electron chi connectivity index (χ4n) is 3.09. The van der Waals surface area contributed by atoms with E-state index in [1.165, 1.54) is 6.07 Å². The van der Waals surface area contributed by atoms with Crippen molar-refractivity contribution in [2.75, 3.05) is 11.1 Å². The second-order valence-corrected chi connectivity index (χ2v) is 8.50. The molecule has 0 aliphatic carbocycles. The number of anilines is 1. The summed E-state index contributed by atoms with van der Waals surface area (Å²) in [6.07, 6.45) is -4.55. The molecular weight excluding hydrogens is 495 g/mol. The molecule has 0 saturated heterocycles. The lowest BCUT2D eigenvalue weighted by Gasteiger charge is -2.25. The van der Waals surface area contributed by atoms with Crippen LogP contribution >= 0.6 is 27.7 Å². The maximum absolute atomic E-state index is 13.2. The average Bonchev–Trinajstić information content (AvgIpc) is 2.73. The first kappa shape index (κ1) is 22.9. The number of rotatable bonds is 5. The van der Waals surface area contributed by atoms with Crippen LogP contribution in [-0.4, -0.2) is 17.6 Å². The molecule has 3 rings (SSSR count). The van der Waals surface area contributed by atoms with Gasteiger partial charge in [0.15, 0.2) is 0 Å². The van der Waals surface area contributed by atoms with Gasteiger partial charge in [-0.1, -0.05) is 58.0 Å². The molecular formula is C21H15BrF3N3O2S. The Morgan fingerprint density at radius 1 is 1.26 bits per heavy atom. The summed E-state index contributed by atoms with van der Waals surface area (Å²) in [5.74, 6) is -1.73. The minimum Gasteiger partial charge on any atom is -0.325 e. The fourth-order valence-corrected chi connectivity index (χ4v) is 4.33. The van der Waals surface area contributed by atoms with Gasteiger partial charge in [0.25, 0.3) is 0 Å². The second kappa shape index (κ2) is 9.58. The molecule has 2 aromatic carbocycles. The Kier molecular flexibility index (Phi) is 7.08. The van der Waals surface area contributed by atoms with Crippen molar-refractivity contribution in [1.29, 1.82) is 5.26 Å². The number of allylic oxidation sites excluding steroid dienone is 1. The summed E-state index contributed by atoms with van der Waals surface area (Å²) < 4.78 is 39.9. The zero-order valence-corrected chi connectivity index (χ0v) is 18.2. The van der Waals surface area contributed by atoms with Crippen molar-refractivity contribution >= 4 is 45.2 Å². The van der Waals surface area contributed by atoms with E-state index in [-0.39, 0.29) is 33.3 Å². The maximum atomic E-state index is 13.2. The van der Waals surface area contributed by atoms with Crippen LogP contribution in [0.15, 0.2) is 63.6 Å². The van der Waals surface area contributed by atoms with Gasteiger partial charge in [-0.25, -0.2) is 0 Å². The molecule has 0 bridgehead atoms. The van der Waals surface area contributed by atoms with E-state index in [4.69, 9.17) is 0 Å². The van der Waals surface area contributed by atoms with E-state index in [9.17, 15) is 28.0 Å². The van der Waals surface area contributed by atoms with Crippen LogP contribution < -0.4 is 10.6 Å². The van der Waals surface area contributed by atoms with Crippen molar-refractivity contribution in [3.05, 3.63) is 74.7 Å². The van der Waals surface area contributed by atoms with E-state index in [0.29, 0.717) is 5.57 Å². The van der Waals surface area contributed by atoms with Gasteiger partial charge in [-0.2, -0.15) is 18.4 Å². The van der Waals surface area contributed by atoms with Crippen LogP contribution in [0.1, 0.15) is 23.5 Å². The number of carbonyl (C=O) groups is 2. The molecule has 0 unspecified atom stereocenters. The number of amides is 2. The molecule has 2 amide bonds. The van der Waals surface area contributed by atoms with Gasteiger partial charge in [0.2, 0.25) is 11.8 Å². The van der Waals surface area contributed by atoms with E-state index in [1.807, 2.05) is 18.2 Å². The normalized spacial score (nSPS) is 16.5. The number of thioether (sulfide) groups is 1. The Hall–Kier alpha value is -2.77. The Morgan fingerprint density at radius 3 is 2.61 bits per heavy atom. The number of hydrogen-bond acceptors (Lipinski definition) is 4. The molecule has 31 heavy (non-hydrogen) atoms. The van der Waals surface area contributed by atoms with Crippen LogP contribution in [0, 0.1) is 11.3 Å². The van der Waals surface area contributed by atoms with Crippen LogP contribution in [0.5, 0.6) is 0 Å². The van der Waals surface area contributed by atoms with Crippen LogP contribution in [0.2, 0.25) is 0 Å². The Morgan fingerprint density at radius 2 is 1.97 bits per heavy atom. The second-order valence-electron chi connectivity index (χ2n) is 6.59. The quantitative estimate of drug-likeness (QED) is 0.581. The van der Waals surface area contributed by atoms with Crippen LogP contribution in [0.25, 0.3) is 0 Å². The molecule has 0 radical (unpaired) electrons. The Bertz CT molecular complexity index is 1080. The Labute approximate surface area is 188 Å². The molecule has 2 aromatic rings. The lowest BCUT2D eigenvalue weighted by molar-refractivity contribution is -0.137. The zero-order chi connectivity index (χ0) is 22.6. The van der Waals surface area contributed by atoms with E-state index < -0.39 is 23.6 Å². The number of nitrogens with one attached hydrogen (secondary N) is 2. The zero-order valence-electron chi connectivity index (χ0n) is 15.8. The van der Waals surface area contributed by atoms with Crippen molar-refractivity contribution in [3.63, 3.8) is 0 Å². The standard InChI is InChI=1S/C21H15BrF3N3O2S/c22-13-6-7-17(16(8-13)21(23,24)25)27-19(30)11-31-20-15(10-26)14(9-18(29)28-20)12-4-2-1-3-5-12/h1-8,14H,9,11H2,(H,27,30)(H,28,29)/t14-/m1/s1. The van der Waals surface area contributed by atoms with E-state index in [1.54, 1.807) is 12.1 Å². The molecule has 160 valence electrons. The van der Waals surface area contributed by atoms with Crippen LogP contribution in [0.4, 0.5) is 18.9 Å². The highest BCUT2D eigenvalue weighted by molar-refractivity contribution is 9.10. The molecule has 0 fully saturated rings. The lowest BCUT2D eigenvalue weighted by atomic mass is 9.87. The average molecular weight is 510 g/mol. The molecule has 0 aromatic heterocycles. The van der Waals surface area contributed by atoms with Crippen molar-refractivity contribution in [1.82, 2.24) is 5.32 Å². The highest BCUT2D eigenvalue weighted by atomic mass is 79.9. The highest BCUT2D eigenvalue weighted by Crippen LogP contribution is 2.38. The number of nitrogens with zero attached hydrogens (tertiary/aromatic N) is 1. The van der Waals surface area contributed by atoms with Gasteiger partial charge in [0.1, 0.15) is 0 Å². The smallest absolute Gasteiger partial charge is 0.325 e. The van der Waals surface area contributed by atoms with E-state index >= 15 is 0 Å². The molecule has 5 nitrogen and oxygen atoms in total. The Balaban J connectivity index is 1.77. The topological polar surface area (TPSA) is 82.0 Å². The molecule has 2 N–H and O–H groups in total. The highest BCUT2D eigenvalue weighted by Gasteiger charge is 2.34. The maximum Gasteiger partial charge on any atom is 0.418 e. The number of halogens is 4. The van der Waals surface area contributed by atoms with Crippen molar-refractivity contribution in [3.8, 4) is 6.07 Å². The third kappa shape index (κ3) is 5.68. The number of nitriles is 1. The van der Waals surface area contributed by atoms with E-state index in [0.717, 1.165) is 29.5 Å². The molecule has 0 saturated carbocycles. The van der Waals surface area contributed by atoms with Gasteiger partial charge < -0.3 is 10.6 Å². The summed E-state index contributed by atoms with van der Waals surface area (Å²) in [5, 5.41) is 14.7. The molecule has 1 aliphatic rings. The number of carbonyl (C=O) groups excluding carboxylic acids is 2. The summed E-state index contributed by atoms with van der Waals surface area (Å²) >= 11 is 3.89. The summed E-state index contributed by atoms with van der Waals surface area (Å²) in [6, 6.07) is 14.5. The lowest BCUT2D eigenvalue weighted by Crippen LogP contribution is -2.31. The minimum absolute atomic E-state index is 0.0942. The number of alkyl halides is 3. The van der Waals surface area contributed by atoms with Crippen LogP contribution in [0.3, 0.4) is 0 Å². The predicted octanol–water partition coefficient (Wildman–Crippen LogP) is 5.18. The summed E-state index contributed by atoms with van der Waals surface area (Å²) in [6.45, 7) is 0. The van der Waals surface area contributed by atoms with E-state index in [2.05, 4.69) is 32.6 Å². The molecule has 0 spiro atoms. The molecule has 1 atom stereocenters. The summed E-state index contributed by atoms with van der Waals surface area (Å²) in [4.78, 5) is 24.5. The number of hydrogen-bond donors (Lipinski definition) is 2. The molecule has 1 aliphatic heterocycles. The first-order valence-electron chi connectivity index (χ1n) is 8.97.